The van der Waals surface area contributed by atoms with Gasteiger partial charge < -0.3 is 10.4 Å². The van der Waals surface area contributed by atoms with E-state index in [0.717, 1.165) is 16.9 Å². The molecule has 0 radical (unpaired) electrons. The Labute approximate surface area is 83.6 Å². The summed E-state index contributed by atoms with van der Waals surface area (Å²) in [7, 11) is 0. The highest BCUT2D eigenvalue weighted by atomic mass is 16.3. The van der Waals surface area contributed by atoms with Crippen LogP contribution in [0, 0.1) is 6.92 Å². The Morgan fingerprint density at radius 2 is 2.00 bits per heavy atom. The van der Waals surface area contributed by atoms with E-state index in [1.54, 1.807) is 0 Å². The van der Waals surface area contributed by atoms with E-state index in [1.165, 1.54) is 5.56 Å². The minimum absolute atomic E-state index is 0.251. The molecule has 0 saturated heterocycles. The number of allylic oxidation sites excluding steroid dienone is 2. The van der Waals surface area contributed by atoms with Crippen LogP contribution in [-0.4, -0.2) is 5.11 Å². The highest BCUT2D eigenvalue weighted by molar-refractivity contribution is 5.87. The lowest BCUT2D eigenvalue weighted by atomic mass is 9.97. The van der Waals surface area contributed by atoms with E-state index in [2.05, 4.69) is 18.0 Å². The van der Waals surface area contributed by atoms with Crippen LogP contribution in [0.4, 0.5) is 5.69 Å². The first-order chi connectivity index (χ1) is 6.59. The summed E-state index contributed by atoms with van der Waals surface area (Å²) >= 11 is 0. The molecule has 0 bridgehead atoms. The van der Waals surface area contributed by atoms with Gasteiger partial charge in [-0.25, -0.2) is 0 Å². The van der Waals surface area contributed by atoms with Crippen molar-refractivity contribution >= 4 is 11.3 Å². The quantitative estimate of drug-likeness (QED) is 0.653. The number of aliphatic hydroxyl groups is 1. The van der Waals surface area contributed by atoms with Gasteiger partial charge in [-0.05, 0) is 25.5 Å². The van der Waals surface area contributed by atoms with Crippen molar-refractivity contribution in [3.63, 3.8) is 0 Å². The summed E-state index contributed by atoms with van der Waals surface area (Å²) in [6.07, 6.45) is 0. The summed E-state index contributed by atoms with van der Waals surface area (Å²) in [5, 5.41) is 12.8. The molecule has 0 aromatic heterocycles. The second-order valence-electron chi connectivity index (χ2n) is 3.63. The van der Waals surface area contributed by atoms with Gasteiger partial charge in [-0.15, -0.1) is 0 Å². The van der Waals surface area contributed by atoms with Crippen molar-refractivity contribution in [2.24, 2.45) is 0 Å². The summed E-state index contributed by atoms with van der Waals surface area (Å²) < 4.78 is 0. The number of hydrogen-bond acceptors (Lipinski definition) is 2. The Kier molecular flexibility index (Phi) is 1.84. The van der Waals surface area contributed by atoms with Crippen molar-refractivity contribution in [2.75, 3.05) is 5.32 Å². The van der Waals surface area contributed by atoms with Crippen LogP contribution in [0.2, 0.25) is 0 Å². The molecular formula is C12H13NO. The molecule has 2 heteroatoms. The lowest BCUT2D eigenvalue weighted by molar-refractivity contribution is 0.431. The van der Waals surface area contributed by atoms with Crippen molar-refractivity contribution in [1.82, 2.24) is 0 Å². The standard InChI is InChI=1S/C12H13NO/c1-7-4-5-10-8(2)12(14)9(3)13-11(10)6-7/h4-6,13-14H,2H2,1,3H3. The molecule has 1 heterocycles. The molecular weight excluding hydrogens is 174 g/mol. The number of aliphatic hydroxyl groups excluding tert-OH is 1. The maximum absolute atomic E-state index is 9.68. The second-order valence-corrected chi connectivity index (χ2v) is 3.63. The van der Waals surface area contributed by atoms with Gasteiger partial charge in [0.2, 0.25) is 0 Å². The van der Waals surface area contributed by atoms with Crippen LogP contribution in [0.3, 0.4) is 0 Å². The summed E-state index contributed by atoms with van der Waals surface area (Å²) in [5.41, 5.74) is 4.63. The van der Waals surface area contributed by atoms with Gasteiger partial charge >= 0.3 is 0 Å². The predicted molar refractivity (Wildman–Crippen MR) is 59.2 cm³/mol. The molecule has 0 atom stereocenters. The fourth-order valence-electron chi connectivity index (χ4n) is 1.64. The predicted octanol–water partition coefficient (Wildman–Crippen LogP) is 3.22. The van der Waals surface area contributed by atoms with Crippen LogP contribution in [-0.2, 0) is 0 Å². The van der Waals surface area contributed by atoms with Gasteiger partial charge in [-0.3, -0.25) is 0 Å². The van der Waals surface area contributed by atoms with Gasteiger partial charge in [0.25, 0.3) is 0 Å². The van der Waals surface area contributed by atoms with Gasteiger partial charge in [0, 0.05) is 16.8 Å². The number of benzene rings is 1. The highest BCUT2D eigenvalue weighted by Crippen LogP contribution is 2.34. The fraction of sp³-hybridized carbons (Fsp3) is 0.167. The molecule has 0 unspecified atom stereocenters. The monoisotopic (exact) mass is 187 g/mol. The molecule has 2 N–H and O–H groups in total. The number of anilines is 1. The highest BCUT2D eigenvalue weighted by Gasteiger charge is 2.17. The third kappa shape index (κ3) is 1.20. The van der Waals surface area contributed by atoms with Crippen molar-refractivity contribution < 1.29 is 5.11 Å². The zero-order valence-electron chi connectivity index (χ0n) is 8.39. The van der Waals surface area contributed by atoms with Gasteiger partial charge in [-0.2, -0.15) is 0 Å². The summed E-state index contributed by atoms with van der Waals surface area (Å²) in [4.78, 5) is 0. The number of rotatable bonds is 0. The maximum Gasteiger partial charge on any atom is 0.141 e. The molecule has 2 rings (SSSR count). The first-order valence-corrected chi connectivity index (χ1v) is 4.57. The van der Waals surface area contributed by atoms with Gasteiger partial charge in [0.1, 0.15) is 5.76 Å². The Balaban J connectivity index is 2.59. The van der Waals surface area contributed by atoms with Crippen LogP contribution in [0.1, 0.15) is 18.1 Å². The van der Waals surface area contributed by atoms with Crippen molar-refractivity contribution in [1.29, 1.82) is 0 Å². The topological polar surface area (TPSA) is 32.3 Å². The van der Waals surface area contributed by atoms with Crippen LogP contribution in [0.15, 0.2) is 36.2 Å². The number of hydrogen-bond donors (Lipinski definition) is 2. The number of fused-ring (bicyclic) bond motifs is 1. The lowest BCUT2D eigenvalue weighted by Gasteiger charge is -2.21. The normalized spacial score (nSPS) is 15.1. The molecule has 72 valence electrons. The summed E-state index contributed by atoms with van der Waals surface area (Å²) in [6, 6.07) is 6.04. The molecule has 0 amide bonds. The Bertz CT molecular complexity index is 444. The van der Waals surface area contributed by atoms with Gasteiger partial charge in [0.05, 0.1) is 5.70 Å². The smallest absolute Gasteiger partial charge is 0.141 e. The molecule has 1 aromatic rings. The van der Waals surface area contributed by atoms with E-state index in [-0.39, 0.29) is 5.76 Å². The van der Waals surface area contributed by atoms with E-state index in [9.17, 15) is 5.11 Å². The van der Waals surface area contributed by atoms with E-state index >= 15 is 0 Å². The zero-order valence-corrected chi connectivity index (χ0v) is 8.39. The molecule has 2 nitrogen and oxygen atoms in total. The molecule has 14 heavy (non-hydrogen) atoms. The summed E-state index contributed by atoms with van der Waals surface area (Å²) in [6.45, 7) is 7.75. The Morgan fingerprint density at radius 3 is 2.71 bits per heavy atom. The largest absolute Gasteiger partial charge is 0.506 e. The Morgan fingerprint density at radius 1 is 1.29 bits per heavy atom. The van der Waals surface area contributed by atoms with Crippen molar-refractivity contribution in [2.45, 2.75) is 13.8 Å². The summed E-state index contributed by atoms with van der Waals surface area (Å²) in [5.74, 6) is 0.251. The van der Waals surface area contributed by atoms with Crippen LogP contribution in [0.5, 0.6) is 0 Å². The van der Waals surface area contributed by atoms with Gasteiger partial charge in [-0.1, -0.05) is 18.7 Å². The zero-order chi connectivity index (χ0) is 10.3. The van der Waals surface area contributed by atoms with Crippen LogP contribution in [0.25, 0.3) is 5.57 Å². The SMILES string of the molecule is C=C1C(O)=C(C)Nc2cc(C)ccc21. The van der Waals surface area contributed by atoms with E-state index in [1.807, 2.05) is 26.0 Å². The molecule has 0 aliphatic carbocycles. The first-order valence-electron chi connectivity index (χ1n) is 4.57. The molecule has 0 saturated carbocycles. The van der Waals surface area contributed by atoms with Crippen LogP contribution >= 0.6 is 0 Å². The first kappa shape index (κ1) is 8.88. The minimum atomic E-state index is 0.251. The maximum atomic E-state index is 9.68. The molecule has 1 aliphatic heterocycles. The molecule has 0 fully saturated rings. The van der Waals surface area contributed by atoms with E-state index < -0.39 is 0 Å². The van der Waals surface area contributed by atoms with Crippen molar-refractivity contribution in [3.8, 4) is 0 Å². The third-order valence-electron chi connectivity index (χ3n) is 2.46. The average molecular weight is 187 g/mol. The average Bonchev–Trinajstić information content (AvgIpc) is 2.14. The van der Waals surface area contributed by atoms with E-state index in [4.69, 9.17) is 0 Å². The molecule has 1 aromatic carbocycles. The molecule has 1 aliphatic rings. The number of nitrogens with one attached hydrogen (secondary N) is 1. The van der Waals surface area contributed by atoms with Gasteiger partial charge in [0.15, 0.2) is 0 Å². The van der Waals surface area contributed by atoms with E-state index in [0.29, 0.717) is 5.57 Å². The Hall–Kier alpha value is -1.70. The second kappa shape index (κ2) is 2.91. The lowest BCUT2D eigenvalue weighted by Crippen LogP contribution is -2.09. The fourth-order valence-corrected chi connectivity index (χ4v) is 1.64. The van der Waals surface area contributed by atoms with Crippen molar-refractivity contribution in [3.05, 3.63) is 47.4 Å². The molecule has 0 spiro atoms. The van der Waals surface area contributed by atoms with Crippen LogP contribution < -0.4 is 5.32 Å². The number of aryl methyl sites for hydroxylation is 1. The minimum Gasteiger partial charge on any atom is -0.506 e. The third-order valence-corrected chi connectivity index (χ3v) is 2.46.